The average Bonchev–Trinajstić information content (AvgIpc) is 2.75. The van der Waals surface area contributed by atoms with E-state index in [2.05, 4.69) is 0 Å². The van der Waals surface area contributed by atoms with Crippen molar-refractivity contribution in [3.63, 3.8) is 0 Å². The Kier molecular flexibility index (Phi) is 7.79. The number of carboxylic acid groups (broad SMARTS) is 1. The fourth-order valence-electron chi connectivity index (χ4n) is 3.66. The third kappa shape index (κ3) is 6.29. The molecule has 0 heterocycles. The van der Waals surface area contributed by atoms with Crippen LogP contribution in [0.3, 0.4) is 0 Å². The lowest BCUT2D eigenvalue weighted by atomic mass is 9.83. The van der Waals surface area contributed by atoms with Gasteiger partial charge in [0.25, 0.3) is 0 Å². The van der Waals surface area contributed by atoms with Crippen molar-refractivity contribution in [2.75, 3.05) is 24.7 Å². The zero-order chi connectivity index (χ0) is 21.3. The van der Waals surface area contributed by atoms with Gasteiger partial charge in [-0.15, -0.1) is 0 Å². The van der Waals surface area contributed by atoms with Crippen LogP contribution in [0.5, 0.6) is 0 Å². The Bertz CT molecular complexity index is 819. The van der Waals surface area contributed by atoms with Crippen LogP contribution in [0.2, 0.25) is 0 Å². The molecule has 1 N–H and O–H groups in total. The summed E-state index contributed by atoms with van der Waals surface area (Å²) >= 11 is 0. The molecule has 1 saturated carbocycles. The van der Waals surface area contributed by atoms with Gasteiger partial charge in [-0.05, 0) is 73.9 Å². The van der Waals surface area contributed by atoms with E-state index in [9.17, 15) is 14.0 Å². The van der Waals surface area contributed by atoms with Gasteiger partial charge in [0.1, 0.15) is 12.4 Å². The summed E-state index contributed by atoms with van der Waals surface area (Å²) in [7, 11) is 0. The van der Waals surface area contributed by atoms with Crippen LogP contribution in [-0.4, -0.2) is 37.0 Å². The highest BCUT2D eigenvalue weighted by Crippen LogP contribution is 2.30. The zero-order valence-electron chi connectivity index (χ0n) is 16.7. The van der Waals surface area contributed by atoms with Gasteiger partial charge in [0.2, 0.25) is 0 Å². The van der Waals surface area contributed by atoms with Crippen molar-refractivity contribution in [2.24, 2.45) is 11.8 Å². The van der Waals surface area contributed by atoms with E-state index in [1.807, 2.05) is 18.2 Å². The lowest BCUT2D eigenvalue weighted by Crippen LogP contribution is -2.30. The summed E-state index contributed by atoms with van der Waals surface area (Å²) in [6, 6.07) is 14.8. The van der Waals surface area contributed by atoms with Crippen molar-refractivity contribution < 1.29 is 28.6 Å². The Morgan fingerprint density at radius 1 is 0.900 bits per heavy atom. The minimum atomic E-state index is -0.959. The first-order valence-corrected chi connectivity index (χ1v) is 10.1. The quantitative estimate of drug-likeness (QED) is 0.656. The molecule has 0 radical (unpaired) electrons. The number of ether oxygens (including phenoxy) is 2. The van der Waals surface area contributed by atoms with Gasteiger partial charge in [-0.1, -0.05) is 18.2 Å². The van der Waals surface area contributed by atoms with E-state index in [1.165, 1.54) is 17.0 Å². The highest BCUT2D eigenvalue weighted by molar-refractivity contribution is 5.95. The minimum absolute atomic E-state index is 0.260. The fraction of sp³-hybridized carbons (Fsp3) is 0.391. The summed E-state index contributed by atoms with van der Waals surface area (Å²) in [5, 5.41) is 8.63. The molecule has 2 aromatic rings. The number of rotatable bonds is 8. The van der Waals surface area contributed by atoms with Crippen LogP contribution in [-0.2, 0) is 14.3 Å². The van der Waals surface area contributed by atoms with Gasteiger partial charge in [-0.25, -0.2) is 18.9 Å². The minimum Gasteiger partial charge on any atom is -0.480 e. The average molecular weight is 415 g/mol. The van der Waals surface area contributed by atoms with Gasteiger partial charge >= 0.3 is 12.1 Å². The Balaban J connectivity index is 1.54. The number of carbonyl (C=O) groups is 2. The van der Waals surface area contributed by atoms with Gasteiger partial charge in [-0.2, -0.15) is 0 Å². The summed E-state index contributed by atoms with van der Waals surface area (Å²) in [5.41, 5.74) is 1.18. The molecule has 0 aromatic heterocycles. The second kappa shape index (κ2) is 10.7. The second-order valence-electron chi connectivity index (χ2n) is 7.52. The number of carbonyl (C=O) groups excluding carboxylic acids is 1. The number of carboxylic acids is 1. The Hall–Kier alpha value is -2.93. The smallest absolute Gasteiger partial charge is 0.418 e. The summed E-state index contributed by atoms with van der Waals surface area (Å²) < 4.78 is 24.1. The van der Waals surface area contributed by atoms with Crippen LogP contribution in [0.25, 0.3) is 0 Å². The van der Waals surface area contributed by atoms with Gasteiger partial charge in [0, 0.05) is 0 Å². The number of para-hydroxylation sites is 1. The number of nitrogens with zero attached hydrogens (tertiary/aromatic N) is 1. The maximum absolute atomic E-state index is 13.3. The van der Waals surface area contributed by atoms with Crippen molar-refractivity contribution in [3.8, 4) is 0 Å². The van der Waals surface area contributed by atoms with Crippen molar-refractivity contribution in [1.82, 2.24) is 0 Å². The molecule has 3 rings (SSSR count). The van der Waals surface area contributed by atoms with E-state index < -0.39 is 12.1 Å². The predicted molar refractivity (Wildman–Crippen MR) is 110 cm³/mol. The molecule has 0 atom stereocenters. The highest BCUT2D eigenvalue weighted by Gasteiger charge is 2.25. The van der Waals surface area contributed by atoms with Gasteiger partial charge in [0.05, 0.1) is 24.6 Å². The van der Waals surface area contributed by atoms with Crippen LogP contribution in [0.1, 0.15) is 25.7 Å². The Morgan fingerprint density at radius 2 is 1.47 bits per heavy atom. The first-order valence-electron chi connectivity index (χ1n) is 10.1. The van der Waals surface area contributed by atoms with Crippen molar-refractivity contribution in [2.45, 2.75) is 25.7 Å². The van der Waals surface area contributed by atoms with E-state index >= 15 is 0 Å². The maximum atomic E-state index is 13.3. The van der Waals surface area contributed by atoms with Crippen LogP contribution in [0.15, 0.2) is 54.6 Å². The largest absolute Gasteiger partial charge is 0.480 e. The van der Waals surface area contributed by atoms with Crippen LogP contribution in [0.4, 0.5) is 20.6 Å². The lowest BCUT2D eigenvalue weighted by Gasteiger charge is -2.29. The third-order valence-electron chi connectivity index (χ3n) is 5.27. The molecule has 0 aliphatic heterocycles. The number of anilines is 2. The SMILES string of the molecule is O=C(O)COC[C@H]1CC[C@H](COC(=O)N(c2ccccc2)c2ccc(F)cc2)CC1. The van der Waals surface area contributed by atoms with E-state index in [-0.39, 0.29) is 18.3 Å². The molecule has 0 saturated heterocycles. The number of hydrogen-bond donors (Lipinski definition) is 1. The van der Waals surface area contributed by atoms with Gasteiger partial charge < -0.3 is 14.6 Å². The zero-order valence-corrected chi connectivity index (χ0v) is 16.7. The molecule has 0 spiro atoms. The first kappa shape index (κ1) is 21.8. The van der Waals surface area contributed by atoms with E-state index in [1.54, 1.807) is 24.3 Å². The fourth-order valence-corrected chi connectivity index (χ4v) is 3.66. The molecule has 2 aromatic carbocycles. The molecule has 30 heavy (non-hydrogen) atoms. The summed E-state index contributed by atoms with van der Waals surface area (Å²) in [4.78, 5) is 24.8. The van der Waals surface area contributed by atoms with E-state index in [0.29, 0.717) is 30.5 Å². The second-order valence-corrected chi connectivity index (χ2v) is 7.52. The normalized spacial score (nSPS) is 18.6. The number of halogens is 1. The molecule has 1 amide bonds. The van der Waals surface area contributed by atoms with Crippen molar-refractivity contribution in [3.05, 3.63) is 60.4 Å². The number of benzene rings is 2. The summed E-state index contributed by atoms with van der Waals surface area (Å²) in [6.45, 7) is 0.494. The molecule has 1 aliphatic rings. The topological polar surface area (TPSA) is 76.1 Å². The van der Waals surface area contributed by atoms with Crippen molar-refractivity contribution in [1.29, 1.82) is 0 Å². The number of hydrogen-bond acceptors (Lipinski definition) is 4. The molecule has 0 unspecified atom stereocenters. The van der Waals surface area contributed by atoms with E-state index in [4.69, 9.17) is 14.6 Å². The third-order valence-corrected chi connectivity index (χ3v) is 5.27. The van der Waals surface area contributed by atoms with Crippen LogP contribution >= 0.6 is 0 Å². The highest BCUT2D eigenvalue weighted by atomic mass is 19.1. The van der Waals surface area contributed by atoms with Gasteiger partial charge in [-0.3, -0.25) is 0 Å². The Labute approximate surface area is 175 Å². The predicted octanol–water partition coefficient (Wildman–Crippen LogP) is 5.01. The molecule has 1 aliphatic carbocycles. The lowest BCUT2D eigenvalue weighted by molar-refractivity contribution is -0.142. The molecule has 0 bridgehead atoms. The standard InChI is InChI=1S/C23H26FNO5/c24-19-10-12-21(13-11-19)25(20-4-2-1-3-5-20)23(28)30-15-18-8-6-17(7-9-18)14-29-16-22(26)27/h1-5,10-13,17-18H,6-9,14-16H2,(H,26,27)/t17-,18-. The first-order chi connectivity index (χ1) is 14.5. The molecule has 7 heteroatoms. The maximum Gasteiger partial charge on any atom is 0.418 e. The molecule has 160 valence electrons. The Morgan fingerprint density at radius 3 is 2.07 bits per heavy atom. The summed E-state index contributed by atoms with van der Waals surface area (Å²) in [6.07, 6.45) is 3.14. The summed E-state index contributed by atoms with van der Waals surface area (Å²) in [5.74, 6) is -0.726. The number of amides is 1. The molecular formula is C23H26FNO5. The van der Waals surface area contributed by atoms with Crippen molar-refractivity contribution >= 4 is 23.4 Å². The number of aliphatic carboxylic acids is 1. The van der Waals surface area contributed by atoms with E-state index in [0.717, 1.165) is 25.7 Å². The molecular weight excluding hydrogens is 389 g/mol. The monoisotopic (exact) mass is 415 g/mol. The molecule has 6 nitrogen and oxygen atoms in total. The van der Waals surface area contributed by atoms with Crippen LogP contribution < -0.4 is 4.90 Å². The van der Waals surface area contributed by atoms with Gasteiger partial charge in [0.15, 0.2) is 0 Å². The molecule has 1 fully saturated rings. The van der Waals surface area contributed by atoms with Crippen LogP contribution in [0, 0.1) is 17.7 Å².